The molecular weight excluding hydrogens is 235 g/mol. The quantitative estimate of drug-likeness (QED) is 0.889. The molecule has 0 bridgehead atoms. The molecule has 3 nitrogen and oxygen atoms in total. The first kappa shape index (κ1) is 13.6. The second-order valence-corrected chi connectivity index (χ2v) is 3.78. The molecule has 0 aliphatic heterocycles. The topological polar surface area (TPSA) is 32.7 Å². The fraction of sp³-hybridized carbons (Fsp3) is 0.455. The molecule has 0 radical (unpaired) electrons. The molecule has 1 aromatic carbocycles. The summed E-state index contributed by atoms with van der Waals surface area (Å²) in [5.41, 5.74) is 0.428. The van der Waals surface area contributed by atoms with E-state index in [0.29, 0.717) is 11.3 Å². The van der Waals surface area contributed by atoms with Gasteiger partial charge < -0.3 is 9.84 Å². The number of ether oxygens (including phenoxy) is 1. The number of hydrogen-bond donors (Lipinski definition) is 1. The van der Waals surface area contributed by atoms with Gasteiger partial charge in [-0.1, -0.05) is 6.07 Å². The number of rotatable bonds is 4. The normalized spacial score (nSPS) is 11.9. The third-order valence-corrected chi connectivity index (χ3v) is 2.18. The van der Waals surface area contributed by atoms with Gasteiger partial charge in [0, 0.05) is 18.2 Å². The molecule has 6 heteroatoms. The second kappa shape index (κ2) is 5.27. The Balaban J connectivity index is 2.68. The lowest BCUT2D eigenvalue weighted by Gasteiger charge is -2.19. The van der Waals surface area contributed by atoms with E-state index in [1.165, 1.54) is 20.2 Å². The predicted octanol–water partition coefficient (Wildman–Crippen LogP) is 2.39. The van der Waals surface area contributed by atoms with Gasteiger partial charge in [0.2, 0.25) is 0 Å². The maximum Gasteiger partial charge on any atom is 0.401 e. The fourth-order valence-corrected chi connectivity index (χ4v) is 1.46. The summed E-state index contributed by atoms with van der Waals surface area (Å²) >= 11 is 0. The summed E-state index contributed by atoms with van der Waals surface area (Å²) < 4.78 is 41.2. The fourth-order valence-electron chi connectivity index (χ4n) is 1.46. The SMILES string of the molecule is COc1ccc(CN(C)CC(F)(F)F)c(O)c1. The van der Waals surface area contributed by atoms with Gasteiger partial charge in [-0.3, -0.25) is 4.90 Å². The molecule has 0 heterocycles. The molecule has 96 valence electrons. The van der Waals surface area contributed by atoms with Crippen LogP contribution < -0.4 is 4.74 Å². The molecule has 1 aromatic rings. The highest BCUT2D eigenvalue weighted by Gasteiger charge is 2.29. The van der Waals surface area contributed by atoms with Crippen LogP contribution in [0.5, 0.6) is 11.5 Å². The zero-order valence-electron chi connectivity index (χ0n) is 9.58. The molecule has 1 rings (SSSR count). The Kier molecular flexibility index (Phi) is 4.22. The van der Waals surface area contributed by atoms with Gasteiger partial charge in [-0.2, -0.15) is 13.2 Å². The number of aromatic hydroxyl groups is 1. The van der Waals surface area contributed by atoms with Crippen LogP contribution in [-0.2, 0) is 6.54 Å². The number of benzene rings is 1. The summed E-state index contributed by atoms with van der Waals surface area (Å²) in [5.74, 6) is 0.392. The van der Waals surface area contributed by atoms with E-state index < -0.39 is 12.7 Å². The zero-order chi connectivity index (χ0) is 13.1. The van der Waals surface area contributed by atoms with Crippen molar-refractivity contribution in [2.45, 2.75) is 12.7 Å². The Hall–Kier alpha value is -1.43. The minimum Gasteiger partial charge on any atom is -0.507 e. The standard InChI is InChI=1S/C11H14F3NO2/c1-15(7-11(12,13)14)6-8-3-4-9(17-2)5-10(8)16/h3-5,16H,6-7H2,1-2H3. The molecule has 0 amide bonds. The molecule has 0 aliphatic rings. The van der Waals surface area contributed by atoms with Crippen molar-refractivity contribution in [2.75, 3.05) is 20.7 Å². The third kappa shape index (κ3) is 4.52. The van der Waals surface area contributed by atoms with E-state index in [0.717, 1.165) is 4.90 Å². The minimum atomic E-state index is -4.24. The average molecular weight is 249 g/mol. The molecule has 0 saturated heterocycles. The van der Waals surface area contributed by atoms with Gasteiger partial charge in [-0.15, -0.1) is 0 Å². The Morgan fingerprint density at radius 1 is 1.35 bits per heavy atom. The van der Waals surface area contributed by atoms with Crippen LogP contribution in [0.2, 0.25) is 0 Å². The molecule has 0 spiro atoms. The van der Waals surface area contributed by atoms with E-state index in [1.807, 2.05) is 0 Å². The van der Waals surface area contributed by atoms with Crippen molar-refractivity contribution >= 4 is 0 Å². The lowest BCUT2D eigenvalue weighted by molar-refractivity contribution is -0.144. The number of alkyl halides is 3. The molecule has 0 fully saturated rings. The van der Waals surface area contributed by atoms with E-state index in [-0.39, 0.29) is 12.3 Å². The van der Waals surface area contributed by atoms with Crippen LogP contribution in [0.3, 0.4) is 0 Å². The summed E-state index contributed by atoms with van der Waals surface area (Å²) in [7, 11) is 2.79. The number of halogens is 3. The summed E-state index contributed by atoms with van der Waals surface area (Å²) in [5, 5.41) is 9.58. The zero-order valence-corrected chi connectivity index (χ0v) is 9.58. The van der Waals surface area contributed by atoms with Gasteiger partial charge >= 0.3 is 6.18 Å². The van der Waals surface area contributed by atoms with Gasteiger partial charge in [0.25, 0.3) is 0 Å². The minimum absolute atomic E-state index is 0.0232. The van der Waals surface area contributed by atoms with E-state index in [2.05, 4.69) is 0 Å². The summed E-state index contributed by atoms with van der Waals surface area (Å²) in [4.78, 5) is 1.08. The van der Waals surface area contributed by atoms with Crippen LogP contribution in [0, 0.1) is 0 Å². The Labute approximate surface area is 97.4 Å². The van der Waals surface area contributed by atoms with Gasteiger partial charge in [-0.25, -0.2) is 0 Å². The molecule has 0 saturated carbocycles. The first-order chi connectivity index (χ1) is 7.81. The van der Waals surface area contributed by atoms with E-state index in [1.54, 1.807) is 12.1 Å². The van der Waals surface area contributed by atoms with Crippen molar-refractivity contribution in [3.8, 4) is 11.5 Å². The smallest absolute Gasteiger partial charge is 0.401 e. The Morgan fingerprint density at radius 2 is 2.00 bits per heavy atom. The molecule has 0 aliphatic carbocycles. The molecular formula is C11H14F3NO2. The van der Waals surface area contributed by atoms with Gasteiger partial charge in [0.15, 0.2) is 0 Å². The highest BCUT2D eigenvalue weighted by atomic mass is 19.4. The second-order valence-electron chi connectivity index (χ2n) is 3.78. The first-order valence-corrected chi connectivity index (χ1v) is 4.93. The van der Waals surface area contributed by atoms with E-state index in [9.17, 15) is 18.3 Å². The molecule has 0 aromatic heterocycles. The van der Waals surface area contributed by atoms with Gasteiger partial charge in [0.1, 0.15) is 11.5 Å². The maximum atomic E-state index is 12.1. The summed E-state index contributed by atoms with van der Waals surface area (Å²) in [6, 6.07) is 4.51. The Morgan fingerprint density at radius 3 is 2.47 bits per heavy atom. The monoisotopic (exact) mass is 249 g/mol. The average Bonchev–Trinajstić information content (AvgIpc) is 2.18. The van der Waals surface area contributed by atoms with Crippen LogP contribution in [0.4, 0.5) is 13.2 Å². The highest BCUT2D eigenvalue weighted by molar-refractivity contribution is 5.39. The van der Waals surface area contributed by atoms with Crippen LogP contribution in [0.15, 0.2) is 18.2 Å². The molecule has 1 N–H and O–H groups in total. The number of phenols is 1. The van der Waals surface area contributed by atoms with Crippen LogP contribution in [0.1, 0.15) is 5.56 Å². The number of methoxy groups -OCH3 is 1. The number of hydrogen-bond acceptors (Lipinski definition) is 3. The van der Waals surface area contributed by atoms with Crippen molar-refractivity contribution in [1.29, 1.82) is 0 Å². The largest absolute Gasteiger partial charge is 0.507 e. The summed E-state index contributed by atoms with van der Waals surface area (Å²) in [6.45, 7) is -0.992. The highest BCUT2D eigenvalue weighted by Crippen LogP contribution is 2.25. The molecule has 17 heavy (non-hydrogen) atoms. The van der Waals surface area contributed by atoms with Crippen LogP contribution >= 0.6 is 0 Å². The maximum absolute atomic E-state index is 12.1. The third-order valence-electron chi connectivity index (χ3n) is 2.18. The van der Waals surface area contributed by atoms with E-state index in [4.69, 9.17) is 4.74 Å². The van der Waals surface area contributed by atoms with Gasteiger partial charge in [-0.05, 0) is 13.1 Å². The predicted molar refractivity (Wildman–Crippen MR) is 57.0 cm³/mol. The van der Waals surface area contributed by atoms with Crippen LogP contribution in [0.25, 0.3) is 0 Å². The summed E-state index contributed by atoms with van der Waals surface area (Å²) in [6.07, 6.45) is -4.24. The van der Waals surface area contributed by atoms with Crippen molar-refractivity contribution in [2.24, 2.45) is 0 Å². The molecule has 0 atom stereocenters. The van der Waals surface area contributed by atoms with Crippen molar-refractivity contribution in [1.82, 2.24) is 4.90 Å². The van der Waals surface area contributed by atoms with Crippen molar-refractivity contribution < 1.29 is 23.0 Å². The van der Waals surface area contributed by atoms with Gasteiger partial charge in [0.05, 0.1) is 13.7 Å². The van der Waals surface area contributed by atoms with Crippen LogP contribution in [-0.4, -0.2) is 36.9 Å². The number of phenolic OH excluding ortho intramolecular Hbond substituents is 1. The lowest BCUT2D eigenvalue weighted by atomic mass is 10.2. The van der Waals surface area contributed by atoms with Crippen molar-refractivity contribution in [3.05, 3.63) is 23.8 Å². The number of nitrogens with zero attached hydrogens (tertiary/aromatic N) is 1. The lowest BCUT2D eigenvalue weighted by Crippen LogP contribution is -2.30. The van der Waals surface area contributed by atoms with E-state index >= 15 is 0 Å². The van der Waals surface area contributed by atoms with Crippen molar-refractivity contribution in [3.63, 3.8) is 0 Å². The first-order valence-electron chi connectivity index (χ1n) is 4.93. The Bertz CT molecular complexity index is 379. The molecule has 0 unspecified atom stereocenters.